The molecular formula is C17H28N2O2. The summed E-state index contributed by atoms with van der Waals surface area (Å²) in [5.41, 5.74) is 2.34. The maximum absolute atomic E-state index is 9.89. The maximum Gasteiger partial charge on any atom is 0.150 e. The minimum absolute atomic E-state index is 0.00310. The average molecular weight is 292 g/mol. The highest BCUT2D eigenvalue weighted by atomic mass is 16.5. The summed E-state index contributed by atoms with van der Waals surface area (Å²) in [6.07, 6.45) is 6.35. The third-order valence-electron chi connectivity index (χ3n) is 4.37. The monoisotopic (exact) mass is 292 g/mol. The first-order chi connectivity index (χ1) is 10.1. The fraction of sp³-hybridized carbons (Fsp3) is 0.706. The Hall–Kier alpha value is -1.13. The smallest absolute Gasteiger partial charge is 0.150 e. The van der Waals surface area contributed by atoms with Gasteiger partial charge in [0.05, 0.1) is 18.8 Å². The molecule has 2 heterocycles. The van der Waals surface area contributed by atoms with Crippen molar-refractivity contribution in [3.63, 3.8) is 0 Å². The van der Waals surface area contributed by atoms with Crippen LogP contribution in [0.2, 0.25) is 0 Å². The van der Waals surface area contributed by atoms with Crippen LogP contribution < -0.4 is 0 Å². The molecule has 1 aliphatic rings. The Morgan fingerprint density at radius 3 is 2.95 bits per heavy atom. The van der Waals surface area contributed by atoms with E-state index in [1.807, 2.05) is 6.07 Å². The molecule has 118 valence electrons. The van der Waals surface area contributed by atoms with Gasteiger partial charge in [0.2, 0.25) is 0 Å². The zero-order valence-electron chi connectivity index (χ0n) is 13.6. The molecular weight excluding hydrogens is 264 g/mol. The quantitative estimate of drug-likeness (QED) is 0.818. The highest BCUT2D eigenvalue weighted by Gasteiger charge is 2.34. The number of allylic oxidation sites excluding steroid dienone is 2. The second kappa shape index (κ2) is 7.23. The lowest BCUT2D eigenvalue weighted by Crippen LogP contribution is -2.44. The SMILES string of the molecule is CCc1cc(CN2CCC[C@](CO)(CC=C(C)C)C2)on1. The number of aliphatic hydroxyl groups is 1. The number of aryl methyl sites for hydroxylation is 1. The second-order valence-corrected chi connectivity index (χ2v) is 6.60. The number of nitrogens with zero attached hydrogens (tertiary/aromatic N) is 2. The van der Waals surface area contributed by atoms with Crippen molar-refractivity contribution in [2.45, 2.75) is 53.0 Å². The van der Waals surface area contributed by atoms with E-state index in [4.69, 9.17) is 4.52 Å². The van der Waals surface area contributed by atoms with Crippen molar-refractivity contribution in [2.75, 3.05) is 19.7 Å². The van der Waals surface area contributed by atoms with Crippen LogP contribution in [0.1, 0.15) is 51.5 Å². The predicted octanol–water partition coefficient (Wildman–Crippen LogP) is 3.17. The first kappa shape index (κ1) is 16.2. The molecule has 21 heavy (non-hydrogen) atoms. The number of rotatable bonds is 6. The number of hydrogen-bond donors (Lipinski definition) is 1. The van der Waals surface area contributed by atoms with Gasteiger partial charge in [-0.05, 0) is 46.1 Å². The Kier molecular flexibility index (Phi) is 5.59. The third-order valence-corrected chi connectivity index (χ3v) is 4.37. The van der Waals surface area contributed by atoms with Gasteiger partial charge in [0.25, 0.3) is 0 Å². The number of aliphatic hydroxyl groups excluding tert-OH is 1. The Labute approximate surface area is 127 Å². The molecule has 1 aromatic rings. The van der Waals surface area contributed by atoms with Crippen LogP contribution in [0.4, 0.5) is 0 Å². The summed E-state index contributed by atoms with van der Waals surface area (Å²) < 4.78 is 5.39. The highest BCUT2D eigenvalue weighted by molar-refractivity contribution is 5.06. The molecule has 0 radical (unpaired) electrons. The van der Waals surface area contributed by atoms with Crippen molar-refractivity contribution in [3.05, 3.63) is 29.2 Å². The van der Waals surface area contributed by atoms with Crippen molar-refractivity contribution >= 4 is 0 Å². The minimum atomic E-state index is 0.00310. The van der Waals surface area contributed by atoms with Gasteiger partial charge in [-0.3, -0.25) is 4.90 Å². The van der Waals surface area contributed by atoms with Crippen LogP contribution in [0.25, 0.3) is 0 Å². The molecule has 1 saturated heterocycles. The van der Waals surface area contributed by atoms with Crippen LogP contribution >= 0.6 is 0 Å². The van der Waals surface area contributed by atoms with Crippen LogP contribution in [-0.2, 0) is 13.0 Å². The van der Waals surface area contributed by atoms with Gasteiger partial charge in [-0.25, -0.2) is 0 Å². The van der Waals surface area contributed by atoms with Gasteiger partial charge in [-0.1, -0.05) is 23.7 Å². The van der Waals surface area contributed by atoms with E-state index in [1.165, 1.54) is 5.57 Å². The number of likely N-dealkylation sites (tertiary alicyclic amines) is 1. The van der Waals surface area contributed by atoms with Gasteiger partial charge < -0.3 is 9.63 Å². The molecule has 1 atom stereocenters. The maximum atomic E-state index is 9.89. The molecule has 4 nitrogen and oxygen atoms in total. The van der Waals surface area contributed by atoms with E-state index in [-0.39, 0.29) is 12.0 Å². The van der Waals surface area contributed by atoms with Gasteiger partial charge in [0.15, 0.2) is 5.76 Å². The largest absolute Gasteiger partial charge is 0.396 e. The summed E-state index contributed by atoms with van der Waals surface area (Å²) in [4.78, 5) is 2.39. The van der Waals surface area contributed by atoms with Gasteiger partial charge >= 0.3 is 0 Å². The van der Waals surface area contributed by atoms with E-state index in [1.54, 1.807) is 0 Å². The zero-order valence-corrected chi connectivity index (χ0v) is 13.6. The number of aromatic nitrogens is 1. The molecule has 0 amide bonds. The predicted molar refractivity (Wildman–Crippen MR) is 84.0 cm³/mol. The topological polar surface area (TPSA) is 49.5 Å². The van der Waals surface area contributed by atoms with E-state index in [0.29, 0.717) is 0 Å². The summed E-state index contributed by atoms with van der Waals surface area (Å²) in [6, 6.07) is 2.05. The molecule has 0 bridgehead atoms. The lowest BCUT2D eigenvalue weighted by Gasteiger charge is -2.41. The Balaban J connectivity index is 1.99. The summed E-state index contributed by atoms with van der Waals surface area (Å²) in [6.45, 7) is 9.36. The van der Waals surface area contributed by atoms with Gasteiger partial charge in [0.1, 0.15) is 0 Å². The van der Waals surface area contributed by atoms with Crippen LogP contribution in [0.5, 0.6) is 0 Å². The lowest BCUT2D eigenvalue weighted by atomic mass is 9.77. The summed E-state index contributed by atoms with van der Waals surface area (Å²) in [7, 11) is 0. The molecule has 1 aliphatic heterocycles. The summed E-state index contributed by atoms with van der Waals surface area (Å²) in [5.74, 6) is 0.933. The Bertz CT molecular complexity index is 477. The summed E-state index contributed by atoms with van der Waals surface area (Å²) >= 11 is 0. The van der Waals surface area contributed by atoms with Gasteiger partial charge in [0, 0.05) is 18.0 Å². The molecule has 1 fully saturated rings. The minimum Gasteiger partial charge on any atom is -0.396 e. The van der Waals surface area contributed by atoms with Crippen molar-refractivity contribution in [1.82, 2.24) is 10.1 Å². The molecule has 1 N–H and O–H groups in total. The molecule has 0 saturated carbocycles. The second-order valence-electron chi connectivity index (χ2n) is 6.60. The molecule has 1 aromatic heterocycles. The Morgan fingerprint density at radius 2 is 2.33 bits per heavy atom. The van der Waals surface area contributed by atoms with E-state index in [2.05, 4.69) is 36.9 Å². The third kappa shape index (κ3) is 4.42. The van der Waals surface area contributed by atoms with Crippen LogP contribution in [0.3, 0.4) is 0 Å². The van der Waals surface area contributed by atoms with E-state index < -0.39 is 0 Å². The normalized spacial score (nSPS) is 23.2. The van der Waals surface area contributed by atoms with E-state index in [0.717, 1.165) is 56.8 Å². The van der Waals surface area contributed by atoms with Gasteiger partial charge in [-0.2, -0.15) is 0 Å². The summed E-state index contributed by atoms with van der Waals surface area (Å²) in [5, 5.41) is 13.9. The molecule has 0 spiro atoms. The van der Waals surface area contributed by atoms with Crippen molar-refractivity contribution in [3.8, 4) is 0 Å². The molecule has 0 unspecified atom stereocenters. The number of hydrogen-bond acceptors (Lipinski definition) is 4. The zero-order chi connectivity index (χ0) is 15.3. The Morgan fingerprint density at radius 1 is 1.52 bits per heavy atom. The van der Waals surface area contributed by atoms with E-state index >= 15 is 0 Å². The van der Waals surface area contributed by atoms with E-state index in [9.17, 15) is 5.11 Å². The molecule has 4 heteroatoms. The van der Waals surface area contributed by atoms with Crippen LogP contribution in [0.15, 0.2) is 22.2 Å². The van der Waals surface area contributed by atoms with Crippen LogP contribution in [0, 0.1) is 5.41 Å². The first-order valence-electron chi connectivity index (χ1n) is 7.98. The first-order valence-corrected chi connectivity index (χ1v) is 7.98. The molecule has 0 aromatic carbocycles. The van der Waals surface area contributed by atoms with Gasteiger partial charge in [-0.15, -0.1) is 0 Å². The fourth-order valence-corrected chi connectivity index (χ4v) is 3.04. The van der Waals surface area contributed by atoms with Crippen LogP contribution in [-0.4, -0.2) is 34.9 Å². The molecule has 2 rings (SSSR count). The van der Waals surface area contributed by atoms with Crippen molar-refractivity contribution in [2.24, 2.45) is 5.41 Å². The fourth-order valence-electron chi connectivity index (χ4n) is 3.04. The van der Waals surface area contributed by atoms with Crippen molar-refractivity contribution < 1.29 is 9.63 Å². The lowest BCUT2D eigenvalue weighted by molar-refractivity contribution is 0.0272. The number of piperidine rings is 1. The standard InChI is InChI=1S/C17H28N2O2/c1-4-15-10-16(21-18-15)11-19-9-5-7-17(12-19,13-20)8-6-14(2)3/h6,10,20H,4-5,7-9,11-13H2,1-3H3/t17-/m0/s1. The molecule has 0 aliphatic carbocycles. The highest BCUT2D eigenvalue weighted by Crippen LogP contribution is 2.34. The average Bonchev–Trinajstić information content (AvgIpc) is 2.93. The van der Waals surface area contributed by atoms with Crippen molar-refractivity contribution in [1.29, 1.82) is 0 Å².